The van der Waals surface area contributed by atoms with Crippen LogP contribution in [0, 0.1) is 0 Å². The number of rotatable bonds is 3. The predicted molar refractivity (Wildman–Crippen MR) is 70.4 cm³/mol. The molecule has 0 N–H and O–H groups in total. The fourth-order valence-electron chi connectivity index (χ4n) is 1.86. The molecule has 0 spiro atoms. The number of aromatic nitrogens is 3. The second kappa shape index (κ2) is 4.53. The first-order valence-electron chi connectivity index (χ1n) is 5.76. The number of benzene rings is 1. The van der Waals surface area contributed by atoms with Crippen LogP contribution in [-0.4, -0.2) is 28.0 Å². The Morgan fingerprint density at radius 2 is 2.16 bits per heavy atom. The highest BCUT2D eigenvalue weighted by atomic mass is 16.5. The van der Waals surface area contributed by atoms with Gasteiger partial charge in [-0.1, -0.05) is 12.1 Å². The highest BCUT2D eigenvalue weighted by Gasteiger charge is 2.07. The molecule has 0 atom stereocenters. The minimum absolute atomic E-state index is 0.581. The predicted octanol–water partition coefficient (Wildman–Crippen LogP) is 2.22. The Morgan fingerprint density at radius 3 is 2.95 bits per heavy atom. The van der Waals surface area contributed by atoms with E-state index < -0.39 is 0 Å². The van der Waals surface area contributed by atoms with Gasteiger partial charge in [-0.2, -0.15) is 0 Å². The Morgan fingerprint density at radius 1 is 1.26 bits per heavy atom. The molecule has 0 saturated carbocycles. The first kappa shape index (κ1) is 11.4. The molecule has 0 aliphatic carbocycles. The van der Waals surface area contributed by atoms with Crippen LogP contribution < -0.4 is 4.74 Å². The maximum absolute atomic E-state index is 10.7. The summed E-state index contributed by atoms with van der Waals surface area (Å²) in [6.45, 7) is 0. The van der Waals surface area contributed by atoms with Crippen molar-refractivity contribution < 1.29 is 9.53 Å². The van der Waals surface area contributed by atoms with Gasteiger partial charge in [-0.25, -0.2) is 9.50 Å². The monoisotopic (exact) mass is 253 g/mol. The Balaban J connectivity index is 2.11. The molecule has 0 unspecified atom stereocenters. The van der Waals surface area contributed by atoms with Crippen molar-refractivity contribution in [3.8, 4) is 17.1 Å². The van der Waals surface area contributed by atoms with Crippen molar-refractivity contribution in [2.75, 3.05) is 7.11 Å². The molecule has 19 heavy (non-hydrogen) atoms. The highest BCUT2D eigenvalue weighted by Crippen LogP contribution is 2.21. The minimum Gasteiger partial charge on any atom is -0.497 e. The molecule has 0 radical (unpaired) electrons. The van der Waals surface area contributed by atoms with Gasteiger partial charge in [-0.15, -0.1) is 5.10 Å². The third kappa shape index (κ3) is 2.06. The molecule has 2 aromatic heterocycles. The maximum Gasteiger partial charge on any atom is 0.182 e. The Labute approximate surface area is 109 Å². The number of ether oxygens (including phenoxy) is 1. The van der Waals surface area contributed by atoms with Crippen molar-refractivity contribution in [2.24, 2.45) is 0 Å². The summed E-state index contributed by atoms with van der Waals surface area (Å²) in [6, 6.07) is 10.9. The Hall–Kier alpha value is -2.69. The fraction of sp³-hybridized carbons (Fsp3) is 0.0714. The summed E-state index contributed by atoms with van der Waals surface area (Å²) in [5.41, 5.74) is 2.09. The van der Waals surface area contributed by atoms with Crippen LogP contribution in [0.1, 0.15) is 10.4 Å². The molecule has 0 saturated heterocycles. The quantitative estimate of drug-likeness (QED) is 0.671. The average molecular weight is 253 g/mol. The second-order valence-electron chi connectivity index (χ2n) is 4.05. The van der Waals surface area contributed by atoms with E-state index in [1.165, 1.54) is 0 Å². The van der Waals surface area contributed by atoms with E-state index in [1.54, 1.807) is 30.0 Å². The van der Waals surface area contributed by atoms with Crippen molar-refractivity contribution in [3.63, 3.8) is 0 Å². The molecule has 0 aliphatic heterocycles. The van der Waals surface area contributed by atoms with Crippen LogP contribution in [0.3, 0.4) is 0 Å². The van der Waals surface area contributed by atoms with E-state index in [0.29, 0.717) is 17.0 Å². The number of hydrogen-bond acceptors (Lipinski definition) is 4. The van der Waals surface area contributed by atoms with Crippen molar-refractivity contribution >= 4 is 11.9 Å². The van der Waals surface area contributed by atoms with E-state index in [-0.39, 0.29) is 0 Å². The molecule has 3 rings (SSSR count). The summed E-state index contributed by atoms with van der Waals surface area (Å²) in [7, 11) is 1.62. The maximum atomic E-state index is 10.7. The molecule has 0 bridgehead atoms. The number of carbonyl (C=O) groups is 1. The number of aldehydes is 1. The molecule has 3 aromatic rings. The number of carbonyl (C=O) groups excluding carboxylic acids is 1. The lowest BCUT2D eigenvalue weighted by Gasteiger charge is -2.00. The summed E-state index contributed by atoms with van der Waals surface area (Å²) in [5.74, 6) is 1.35. The van der Waals surface area contributed by atoms with E-state index in [1.807, 2.05) is 24.3 Å². The van der Waals surface area contributed by atoms with E-state index in [0.717, 1.165) is 17.6 Å². The van der Waals surface area contributed by atoms with Crippen LogP contribution in [0.2, 0.25) is 0 Å². The summed E-state index contributed by atoms with van der Waals surface area (Å²) < 4.78 is 6.82. The zero-order chi connectivity index (χ0) is 13.2. The van der Waals surface area contributed by atoms with Crippen molar-refractivity contribution in [1.29, 1.82) is 0 Å². The van der Waals surface area contributed by atoms with Gasteiger partial charge < -0.3 is 4.74 Å². The zero-order valence-corrected chi connectivity index (χ0v) is 10.3. The smallest absolute Gasteiger partial charge is 0.182 e. The molecule has 0 amide bonds. The summed E-state index contributed by atoms with van der Waals surface area (Å²) >= 11 is 0. The van der Waals surface area contributed by atoms with E-state index in [9.17, 15) is 4.79 Å². The molecular weight excluding hydrogens is 242 g/mol. The topological polar surface area (TPSA) is 56.5 Å². The Bertz CT molecular complexity index is 749. The number of methoxy groups -OCH3 is 1. The first-order chi connectivity index (χ1) is 9.30. The third-order valence-corrected chi connectivity index (χ3v) is 2.83. The molecule has 94 valence electrons. The summed E-state index contributed by atoms with van der Waals surface area (Å²) in [4.78, 5) is 15.1. The normalized spacial score (nSPS) is 10.6. The van der Waals surface area contributed by atoms with Crippen LogP contribution >= 0.6 is 0 Å². The van der Waals surface area contributed by atoms with Crippen LogP contribution in [0.4, 0.5) is 0 Å². The van der Waals surface area contributed by atoms with Gasteiger partial charge in [0, 0.05) is 17.3 Å². The van der Waals surface area contributed by atoms with Crippen molar-refractivity contribution in [1.82, 2.24) is 14.6 Å². The lowest BCUT2D eigenvalue weighted by molar-refractivity contribution is 0.112. The van der Waals surface area contributed by atoms with Gasteiger partial charge in [0.1, 0.15) is 12.0 Å². The summed E-state index contributed by atoms with van der Waals surface area (Å²) in [6.07, 6.45) is 2.51. The molecule has 5 nitrogen and oxygen atoms in total. The van der Waals surface area contributed by atoms with Gasteiger partial charge >= 0.3 is 0 Å². The van der Waals surface area contributed by atoms with Crippen LogP contribution in [0.25, 0.3) is 17.0 Å². The number of pyridine rings is 1. The van der Waals surface area contributed by atoms with Gasteiger partial charge in [-0.3, -0.25) is 4.79 Å². The van der Waals surface area contributed by atoms with Crippen molar-refractivity contribution in [2.45, 2.75) is 0 Å². The van der Waals surface area contributed by atoms with E-state index in [2.05, 4.69) is 10.1 Å². The molecule has 0 aliphatic rings. The van der Waals surface area contributed by atoms with Crippen LogP contribution in [0.15, 0.2) is 42.6 Å². The van der Waals surface area contributed by atoms with Crippen molar-refractivity contribution in [3.05, 3.63) is 48.2 Å². The number of hydrogen-bond donors (Lipinski definition) is 0. The molecule has 0 fully saturated rings. The van der Waals surface area contributed by atoms with Gasteiger partial charge in [-0.05, 0) is 24.3 Å². The van der Waals surface area contributed by atoms with Gasteiger partial charge in [0.05, 0.1) is 7.11 Å². The Kier molecular flexibility index (Phi) is 2.72. The minimum atomic E-state index is 0.581. The van der Waals surface area contributed by atoms with Gasteiger partial charge in [0.2, 0.25) is 0 Å². The van der Waals surface area contributed by atoms with Gasteiger partial charge in [0.25, 0.3) is 0 Å². The SMILES string of the molecule is COc1cccc(-c2nc3cc(C=O)ccn3n2)c1. The number of fused-ring (bicyclic) bond motifs is 1. The molecule has 2 heterocycles. The fourth-order valence-corrected chi connectivity index (χ4v) is 1.86. The lowest BCUT2D eigenvalue weighted by Crippen LogP contribution is -1.89. The number of nitrogens with zero attached hydrogens (tertiary/aromatic N) is 3. The molecule has 1 aromatic carbocycles. The lowest BCUT2D eigenvalue weighted by atomic mass is 10.2. The van der Waals surface area contributed by atoms with E-state index >= 15 is 0 Å². The van der Waals surface area contributed by atoms with Crippen LogP contribution in [-0.2, 0) is 0 Å². The second-order valence-corrected chi connectivity index (χ2v) is 4.05. The molecule has 5 heteroatoms. The average Bonchev–Trinajstić information content (AvgIpc) is 2.90. The zero-order valence-electron chi connectivity index (χ0n) is 10.3. The standard InChI is InChI=1S/C14H11N3O2/c1-19-12-4-2-3-11(8-12)14-15-13-7-10(9-18)5-6-17(13)16-14/h2-9H,1H3. The largest absolute Gasteiger partial charge is 0.497 e. The van der Waals surface area contributed by atoms with Crippen LogP contribution in [0.5, 0.6) is 5.75 Å². The third-order valence-electron chi connectivity index (χ3n) is 2.83. The first-order valence-corrected chi connectivity index (χ1v) is 5.76. The summed E-state index contributed by atoms with van der Waals surface area (Å²) in [5, 5.41) is 4.37. The highest BCUT2D eigenvalue weighted by molar-refractivity contribution is 5.76. The van der Waals surface area contributed by atoms with E-state index in [4.69, 9.17) is 4.74 Å². The van der Waals surface area contributed by atoms with Gasteiger partial charge in [0.15, 0.2) is 11.5 Å². The molecular formula is C14H11N3O2.